The van der Waals surface area contributed by atoms with E-state index in [1.54, 1.807) is 73.8 Å². The summed E-state index contributed by atoms with van der Waals surface area (Å²) in [6.45, 7) is 5.69. The number of rotatable bonds is 4. The molecule has 4 aromatic rings. The first-order valence-electron chi connectivity index (χ1n) is 8.93. The Bertz CT molecular complexity index is 1420. The maximum Gasteiger partial charge on any atom is 0.275 e. The van der Waals surface area contributed by atoms with Crippen molar-refractivity contribution in [1.29, 1.82) is 0 Å². The SMILES string of the molecule is C=Cc1cn(C)c(=O)c2c1cc(-c1cnn(C)c1)n2S(=O)(=O)c1ccc(C)cc1. The monoisotopic (exact) mass is 408 g/mol. The quantitative estimate of drug-likeness (QED) is 0.520. The van der Waals surface area contributed by atoms with Crippen LogP contribution in [0.5, 0.6) is 0 Å². The van der Waals surface area contributed by atoms with E-state index in [1.807, 2.05) is 6.92 Å². The molecule has 0 N–H and O–H groups in total. The third-order valence-corrected chi connectivity index (χ3v) is 6.63. The molecule has 0 fully saturated rings. The fourth-order valence-corrected chi connectivity index (χ4v) is 4.93. The zero-order valence-electron chi connectivity index (χ0n) is 16.3. The van der Waals surface area contributed by atoms with Crippen LogP contribution in [-0.2, 0) is 24.1 Å². The Kier molecular flexibility index (Phi) is 4.31. The van der Waals surface area contributed by atoms with Gasteiger partial charge < -0.3 is 4.57 Å². The molecule has 0 bridgehead atoms. The molecule has 29 heavy (non-hydrogen) atoms. The molecule has 0 aliphatic rings. The molecule has 0 aliphatic carbocycles. The molecule has 3 aromatic heterocycles. The van der Waals surface area contributed by atoms with Crippen molar-refractivity contribution in [2.24, 2.45) is 14.1 Å². The van der Waals surface area contributed by atoms with Crippen LogP contribution in [0.25, 0.3) is 28.2 Å². The molecule has 0 spiro atoms. The van der Waals surface area contributed by atoms with Crippen molar-refractivity contribution < 1.29 is 8.42 Å². The molecular weight excluding hydrogens is 388 g/mol. The Morgan fingerprint density at radius 1 is 1.10 bits per heavy atom. The van der Waals surface area contributed by atoms with E-state index < -0.39 is 15.6 Å². The topological polar surface area (TPSA) is 78.9 Å². The summed E-state index contributed by atoms with van der Waals surface area (Å²) in [5, 5.41) is 4.68. The number of hydrogen-bond donors (Lipinski definition) is 0. The van der Waals surface area contributed by atoms with E-state index in [0.717, 1.165) is 9.54 Å². The molecule has 7 nitrogen and oxygen atoms in total. The van der Waals surface area contributed by atoms with Crippen molar-refractivity contribution in [3.8, 4) is 11.3 Å². The Morgan fingerprint density at radius 3 is 2.38 bits per heavy atom. The largest absolute Gasteiger partial charge is 0.316 e. The van der Waals surface area contributed by atoms with Gasteiger partial charge in [0, 0.05) is 37.4 Å². The summed E-state index contributed by atoms with van der Waals surface area (Å²) in [6, 6.07) is 8.26. The van der Waals surface area contributed by atoms with Gasteiger partial charge in [0.25, 0.3) is 15.6 Å². The Hall–Kier alpha value is -3.39. The number of aromatic nitrogens is 4. The van der Waals surface area contributed by atoms with E-state index in [4.69, 9.17) is 0 Å². The van der Waals surface area contributed by atoms with Gasteiger partial charge in [0.15, 0.2) is 0 Å². The van der Waals surface area contributed by atoms with Crippen LogP contribution in [0.2, 0.25) is 0 Å². The first kappa shape index (κ1) is 18.9. The second kappa shape index (κ2) is 6.59. The third-order valence-electron chi connectivity index (χ3n) is 4.90. The summed E-state index contributed by atoms with van der Waals surface area (Å²) in [7, 11) is -0.700. The minimum Gasteiger partial charge on any atom is -0.316 e. The van der Waals surface area contributed by atoms with E-state index in [9.17, 15) is 13.2 Å². The van der Waals surface area contributed by atoms with E-state index in [0.29, 0.717) is 22.2 Å². The maximum absolute atomic E-state index is 13.6. The summed E-state index contributed by atoms with van der Waals surface area (Å²) in [6.07, 6.45) is 6.55. The average Bonchev–Trinajstić information content (AvgIpc) is 3.29. The third kappa shape index (κ3) is 2.92. The smallest absolute Gasteiger partial charge is 0.275 e. The highest BCUT2D eigenvalue weighted by Gasteiger charge is 2.27. The molecule has 148 valence electrons. The van der Waals surface area contributed by atoms with Crippen LogP contribution in [0.4, 0.5) is 0 Å². The van der Waals surface area contributed by atoms with Gasteiger partial charge in [-0.05, 0) is 30.7 Å². The lowest BCUT2D eigenvalue weighted by molar-refractivity contribution is 0.589. The van der Waals surface area contributed by atoms with Crippen LogP contribution < -0.4 is 5.56 Å². The van der Waals surface area contributed by atoms with Crippen molar-refractivity contribution in [2.75, 3.05) is 0 Å². The van der Waals surface area contributed by atoms with Crippen molar-refractivity contribution in [2.45, 2.75) is 11.8 Å². The standard InChI is InChI=1S/C21H20N4O3S/c1-5-15-12-23(3)21(26)20-18(15)10-19(16-11-22-24(4)13-16)25(20)29(27,28)17-8-6-14(2)7-9-17/h5-13H,1H2,2-4H3. The van der Waals surface area contributed by atoms with E-state index >= 15 is 0 Å². The van der Waals surface area contributed by atoms with Crippen molar-refractivity contribution in [1.82, 2.24) is 18.3 Å². The van der Waals surface area contributed by atoms with Gasteiger partial charge in [-0.2, -0.15) is 5.10 Å². The van der Waals surface area contributed by atoms with Crippen LogP contribution in [0, 0.1) is 6.92 Å². The molecule has 1 aromatic carbocycles. The lowest BCUT2D eigenvalue weighted by Gasteiger charge is -2.12. The molecular formula is C21H20N4O3S. The number of benzene rings is 1. The van der Waals surface area contributed by atoms with Gasteiger partial charge in [-0.25, -0.2) is 12.4 Å². The predicted octanol–water partition coefficient (Wildman–Crippen LogP) is 2.93. The average molecular weight is 408 g/mol. The fourth-order valence-electron chi connectivity index (χ4n) is 3.40. The summed E-state index contributed by atoms with van der Waals surface area (Å²) >= 11 is 0. The van der Waals surface area contributed by atoms with Crippen molar-refractivity contribution in [3.63, 3.8) is 0 Å². The minimum absolute atomic E-state index is 0.0873. The zero-order valence-corrected chi connectivity index (χ0v) is 17.1. The van der Waals surface area contributed by atoms with E-state index in [1.165, 1.54) is 4.57 Å². The van der Waals surface area contributed by atoms with E-state index in [2.05, 4.69) is 11.7 Å². The van der Waals surface area contributed by atoms with Gasteiger partial charge >= 0.3 is 0 Å². The highest BCUT2D eigenvalue weighted by atomic mass is 32.2. The summed E-state index contributed by atoms with van der Waals surface area (Å²) in [4.78, 5) is 13.1. The second-order valence-corrected chi connectivity index (χ2v) is 8.77. The van der Waals surface area contributed by atoms with Gasteiger partial charge in [-0.1, -0.05) is 30.4 Å². The minimum atomic E-state index is -4.04. The molecule has 0 amide bonds. The molecule has 0 radical (unpaired) electrons. The van der Waals surface area contributed by atoms with Crippen LogP contribution in [0.3, 0.4) is 0 Å². The number of fused-ring (bicyclic) bond motifs is 1. The Labute approximate surface area is 168 Å². The fraction of sp³-hybridized carbons (Fsp3) is 0.143. The van der Waals surface area contributed by atoms with E-state index in [-0.39, 0.29) is 10.4 Å². The van der Waals surface area contributed by atoms with Gasteiger partial charge in [-0.15, -0.1) is 0 Å². The molecule has 0 aliphatic heterocycles. The van der Waals surface area contributed by atoms with Gasteiger partial charge in [0.2, 0.25) is 0 Å². The van der Waals surface area contributed by atoms with Gasteiger partial charge in [0.05, 0.1) is 16.8 Å². The lowest BCUT2D eigenvalue weighted by Crippen LogP contribution is -2.23. The molecule has 0 atom stereocenters. The molecule has 0 saturated heterocycles. The molecule has 3 heterocycles. The van der Waals surface area contributed by atoms with Gasteiger partial charge in [0.1, 0.15) is 5.52 Å². The van der Waals surface area contributed by atoms with Gasteiger partial charge in [-0.3, -0.25) is 9.48 Å². The Morgan fingerprint density at radius 2 is 1.79 bits per heavy atom. The summed E-state index contributed by atoms with van der Waals surface area (Å²) < 4.78 is 31.4. The normalized spacial score (nSPS) is 11.8. The summed E-state index contributed by atoms with van der Waals surface area (Å²) in [5.74, 6) is 0. The zero-order chi connectivity index (χ0) is 20.9. The summed E-state index contributed by atoms with van der Waals surface area (Å²) in [5.41, 5.74) is 2.26. The molecule has 0 saturated carbocycles. The first-order chi connectivity index (χ1) is 13.7. The highest BCUT2D eigenvalue weighted by molar-refractivity contribution is 7.90. The van der Waals surface area contributed by atoms with Crippen LogP contribution in [0.1, 0.15) is 11.1 Å². The first-order valence-corrected chi connectivity index (χ1v) is 10.4. The highest BCUT2D eigenvalue weighted by Crippen LogP contribution is 2.32. The number of hydrogen-bond acceptors (Lipinski definition) is 4. The molecule has 4 rings (SSSR count). The predicted molar refractivity (Wildman–Crippen MR) is 113 cm³/mol. The number of aryl methyl sites for hydroxylation is 3. The van der Waals surface area contributed by atoms with Crippen LogP contribution in [0.15, 0.2) is 65.2 Å². The molecule has 0 unspecified atom stereocenters. The van der Waals surface area contributed by atoms with Crippen molar-refractivity contribution in [3.05, 3.63) is 77.0 Å². The number of pyridine rings is 1. The second-order valence-electron chi connectivity index (χ2n) is 6.98. The van der Waals surface area contributed by atoms with Crippen molar-refractivity contribution >= 4 is 27.0 Å². The maximum atomic E-state index is 13.6. The Balaban J connectivity index is 2.19. The number of nitrogens with zero attached hydrogens (tertiary/aromatic N) is 4. The van der Waals surface area contributed by atoms with Crippen LogP contribution >= 0.6 is 0 Å². The lowest BCUT2D eigenvalue weighted by atomic mass is 10.1. The molecule has 8 heteroatoms. The van der Waals surface area contributed by atoms with Crippen LogP contribution in [-0.4, -0.2) is 26.7 Å².